The van der Waals surface area contributed by atoms with Crippen molar-refractivity contribution in [3.05, 3.63) is 6.61 Å². The summed E-state index contributed by atoms with van der Waals surface area (Å²) in [5.74, 6) is 0. The Bertz CT molecular complexity index is 137. The fraction of sp³-hybridized carbons (Fsp3) is 0.875. The molecule has 4 nitrogen and oxygen atoms in total. The molecule has 1 radical (unpaired) electrons. The van der Waals surface area contributed by atoms with Crippen LogP contribution in [0.1, 0.15) is 6.92 Å². The standard InChI is InChI=1S/C8H15O4/c1-5-7(9)8(11-3)6(10-2)4-12-5/h4-9H,1-3H3/t5-,6+,7+,8-/m1/s1. The second kappa shape index (κ2) is 4.18. The molecule has 12 heavy (non-hydrogen) atoms. The summed E-state index contributed by atoms with van der Waals surface area (Å²) in [5, 5.41) is 9.59. The van der Waals surface area contributed by atoms with Crippen molar-refractivity contribution in [3.8, 4) is 0 Å². The van der Waals surface area contributed by atoms with Gasteiger partial charge in [0.25, 0.3) is 0 Å². The third kappa shape index (κ3) is 1.77. The fourth-order valence-electron chi connectivity index (χ4n) is 1.28. The molecule has 1 heterocycles. The maximum atomic E-state index is 9.59. The van der Waals surface area contributed by atoms with Crippen molar-refractivity contribution in [1.82, 2.24) is 0 Å². The van der Waals surface area contributed by atoms with Gasteiger partial charge >= 0.3 is 0 Å². The van der Waals surface area contributed by atoms with Crippen LogP contribution in [0.25, 0.3) is 0 Å². The largest absolute Gasteiger partial charge is 0.388 e. The van der Waals surface area contributed by atoms with Crippen molar-refractivity contribution >= 4 is 0 Å². The van der Waals surface area contributed by atoms with Gasteiger partial charge in [-0.15, -0.1) is 0 Å². The first kappa shape index (κ1) is 9.92. The van der Waals surface area contributed by atoms with E-state index in [0.29, 0.717) is 0 Å². The van der Waals surface area contributed by atoms with Gasteiger partial charge in [0, 0.05) is 14.2 Å². The summed E-state index contributed by atoms with van der Waals surface area (Å²) in [6, 6.07) is 0. The molecule has 1 aliphatic rings. The molecule has 0 spiro atoms. The van der Waals surface area contributed by atoms with Crippen LogP contribution in [0.5, 0.6) is 0 Å². The van der Waals surface area contributed by atoms with Gasteiger partial charge in [0.2, 0.25) is 0 Å². The zero-order valence-electron chi connectivity index (χ0n) is 7.56. The Morgan fingerprint density at radius 2 is 2.00 bits per heavy atom. The first-order valence-corrected chi connectivity index (χ1v) is 3.93. The fourth-order valence-corrected chi connectivity index (χ4v) is 1.28. The smallest absolute Gasteiger partial charge is 0.116 e. The lowest BCUT2D eigenvalue weighted by molar-refractivity contribution is -0.174. The number of methoxy groups -OCH3 is 2. The average Bonchev–Trinajstić information content (AvgIpc) is 2.09. The molecule has 0 unspecified atom stereocenters. The van der Waals surface area contributed by atoms with E-state index in [1.807, 2.05) is 0 Å². The van der Waals surface area contributed by atoms with Gasteiger partial charge < -0.3 is 19.3 Å². The van der Waals surface area contributed by atoms with E-state index in [2.05, 4.69) is 0 Å². The number of rotatable bonds is 2. The Labute approximate surface area is 72.4 Å². The van der Waals surface area contributed by atoms with Crippen molar-refractivity contribution in [2.75, 3.05) is 14.2 Å². The van der Waals surface area contributed by atoms with Crippen LogP contribution in [0.4, 0.5) is 0 Å². The molecule has 71 valence electrons. The number of aliphatic hydroxyl groups is 1. The van der Waals surface area contributed by atoms with Crippen LogP contribution in [-0.2, 0) is 14.2 Å². The van der Waals surface area contributed by atoms with Crippen LogP contribution in [-0.4, -0.2) is 43.7 Å². The Balaban J connectivity index is 2.58. The Hall–Kier alpha value is -0.160. The average molecular weight is 175 g/mol. The lowest BCUT2D eigenvalue weighted by Gasteiger charge is -2.36. The summed E-state index contributed by atoms with van der Waals surface area (Å²) < 4.78 is 15.3. The quantitative estimate of drug-likeness (QED) is 0.639. The minimum absolute atomic E-state index is 0.235. The van der Waals surface area contributed by atoms with Gasteiger partial charge in [0.15, 0.2) is 0 Å². The van der Waals surface area contributed by atoms with Gasteiger partial charge in [0.05, 0.1) is 6.10 Å². The highest BCUT2D eigenvalue weighted by Crippen LogP contribution is 2.21. The van der Waals surface area contributed by atoms with Crippen molar-refractivity contribution in [2.45, 2.75) is 31.3 Å². The summed E-state index contributed by atoms with van der Waals surface area (Å²) >= 11 is 0. The van der Waals surface area contributed by atoms with Crippen LogP contribution >= 0.6 is 0 Å². The summed E-state index contributed by atoms with van der Waals surface area (Å²) in [5.41, 5.74) is 0. The summed E-state index contributed by atoms with van der Waals surface area (Å²) in [7, 11) is 3.10. The van der Waals surface area contributed by atoms with Crippen molar-refractivity contribution < 1.29 is 19.3 Å². The molecule has 0 aromatic carbocycles. The molecule has 0 aromatic rings. The maximum Gasteiger partial charge on any atom is 0.116 e. The topological polar surface area (TPSA) is 47.9 Å². The molecule has 4 atom stereocenters. The van der Waals surface area contributed by atoms with E-state index in [-0.39, 0.29) is 18.3 Å². The van der Waals surface area contributed by atoms with Crippen LogP contribution < -0.4 is 0 Å². The Morgan fingerprint density at radius 3 is 2.50 bits per heavy atom. The highest BCUT2D eigenvalue weighted by molar-refractivity contribution is 4.91. The number of ether oxygens (including phenoxy) is 3. The van der Waals surface area contributed by atoms with Gasteiger partial charge in [-0.1, -0.05) is 0 Å². The zero-order valence-corrected chi connectivity index (χ0v) is 7.56. The van der Waals surface area contributed by atoms with Crippen molar-refractivity contribution in [1.29, 1.82) is 0 Å². The molecule has 1 rings (SSSR count). The minimum atomic E-state index is -0.634. The monoisotopic (exact) mass is 175 g/mol. The highest BCUT2D eigenvalue weighted by Gasteiger charge is 2.38. The molecular formula is C8H15O4. The first-order chi connectivity index (χ1) is 5.70. The second-order valence-corrected chi connectivity index (χ2v) is 2.87. The van der Waals surface area contributed by atoms with E-state index < -0.39 is 6.10 Å². The second-order valence-electron chi connectivity index (χ2n) is 2.87. The first-order valence-electron chi connectivity index (χ1n) is 3.93. The van der Waals surface area contributed by atoms with Crippen molar-refractivity contribution in [2.24, 2.45) is 0 Å². The Kier molecular flexibility index (Phi) is 3.46. The van der Waals surface area contributed by atoms with Gasteiger partial charge in [0.1, 0.15) is 24.9 Å². The normalized spacial score (nSPS) is 43.0. The minimum Gasteiger partial charge on any atom is -0.388 e. The lowest BCUT2D eigenvalue weighted by atomic mass is 10.0. The van der Waals surface area contributed by atoms with Crippen molar-refractivity contribution in [3.63, 3.8) is 0 Å². The molecular weight excluding hydrogens is 160 g/mol. The molecule has 1 saturated heterocycles. The predicted octanol–water partition coefficient (Wildman–Crippen LogP) is -0.0422. The summed E-state index contributed by atoms with van der Waals surface area (Å²) in [6.07, 6.45) is -1.49. The van der Waals surface area contributed by atoms with E-state index in [1.165, 1.54) is 0 Å². The van der Waals surface area contributed by atoms with Gasteiger partial charge in [-0.25, -0.2) is 0 Å². The van der Waals surface area contributed by atoms with Gasteiger partial charge in [-0.05, 0) is 6.92 Å². The van der Waals surface area contributed by atoms with E-state index in [9.17, 15) is 5.11 Å². The molecule has 1 N–H and O–H groups in total. The maximum absolute atomic E-state index is 9.59. The summed E-state index contributed by atoms with van der Waals surface area (Å²) in [4.78, 5) is 0. The molecule has 1 aliphatic heterocycles. The van der Waals surface area contributed by atoms with Crippen LogP contribution in [0.15, 0.2) is 0 Å². The van der Waals surface area contributed by atoms with E-state index in [0.717, 1.165) is 0 Å². The van der Waals surface area contributed by atoms with E-state index in [1.54, 1.807) is 27.8 Å². The molecule has 0 bridgehead atoms. The van der Waals surface area contributed by atoms with Gasteiger partial charge in [-0.2, -0.15) is 0 Å². The molecule has 1 fully saturated rings. The SMILES string of the molecule is CO[C@H]1[C@@H](O)[C@@H](C)O[CH][C@@H]1OC. The highest BCUT2D eigenvalue weighted by atomic mass is 16.6. The molecule has 0 amide bonds. The van der Waals surface area contributed by atoms with E-state index in [4.69, 9.17) is 14.2 Å². The predicted molar refractivity (Wildman–Crippen MR) is 42.4 cm³/mol. The van der Waals surface area contributed by atoms with Crippen LogP contribution in [0, 0.1) is 6.61 Å². The number of aliphatic hydroxyl groups excluding tert-OH is 1. The van der Waals surface area contributed by atoms with Gasteiger partial charge in [-0.3, -0.25) is 0 Å². The molecule has 0 aliphatic carbocycles. The molecule has 4 heteroatoms. The summed E-state index contributed by atoms with van der Waals surface area (Å²) in [6.45, 7) is 3.35. The number of hydrogen-bond donors (Lipinski definition) is 1. The lowest BCUT2D eigenvalue weighted by Crippen LogP contribution is -2.51. The third-order valence-corrected chi connectivity index (χ3v) is 2.11. The zero-order chi connectivity index (χ0) is 9.14. The van der Waals surface area contributed by atoms with Crippen LogP contribution in [0.2, 0.25) is 0 Å². The molecule has 0 saturated carbocycles. The number of hydrogen-bond acceptors (Lipinski definition) is 4. The van der Waals surface area contributed by atoms with Crippen LogP contribution in [0.3, 0.4) is 0 Å². The third-order valence-electron chi connectivity index (χ3n) is 2.11. The van der Waals surface area contributed by atoms with E-state index >= 15 is 0 Å². The Morgan fingerprint density at radius 1 is 1.33 bits per heavy atom. The molecule has 0 aromatic heterocycles.